The van der Waals surface area contributed by atoms with E-state index in [-0.39, 0.29) is 58.2 Å². The van der Waals surface area contributed by atoms with Crippen LogP contribution in [0.15, 0.2) is 27.2 Å². The largest absolute Gasteiger partial charge is 0.508 e. The fourth-order valence-corrected chi connectivity index (χ4v) is 3.17. The number of aromatic nitrogens is 2. The van der Waals surface area contributed by atoms with Gasteiger partial charge in [-0.05, 0) is 24.5 Å². The predicted octanol–water partition coefficient (Wildman–Crippen LogP) is 3.31. The van der Waals surface area contributed by atoms with Gasteiger partial charge in [-0.25, -0.2) is 0 Å². The van der Waals surface area contributed by atoms with Crippen molar-refractivity contribution in [3.05, 3.63) is 35.2 Å². The molecule has 10 nitrogen and oxygen atoms in total. The van der Waals surface area contributed by atoms with E-state index in [1.807, 2.05) is 13.8 Å². The SMILES string of the molecule is CCNC(=O)c1noc(-c2cc(C(C)C)c(O)cc2O)c1-c1cc(CNC(=O)CC)no1. The minimum atomic E-state index is -0.489. The average molecular weight is 442 g/mol. The van der Waals surface area contributed by atoms with Crippen molar-refractivity contribution in [3.8, 4) is 34.1 Å². The number of phenols is 2. The normalized spacial score (nSPS) is 11.0. The van der Waals surface area contributed by atoms with Gasteiger partial charge in [0.25, 0.3) is 5.91 Å². The second kappa shape index (κ2) is 9.54. The van der Waals surface area contributed by atoms with E-state index >= 15 is 0 Å². The standard InChI is InChI=1S/C22H26N4O6/c1-5-18(29)24-10-12-7-17(31-25-12)19-20(22(30)23-6-2)26-32-21(19)14-8-13(11(3)4)15(27)9-16(14)28/h7-9,11,27-28H,5-6,10H2,1-4H3,(H,23,30)(H,24,29). The molecule has 0 aliphatic carbocycles. The molecule has 10 heteroatoms. The molecule has 32 heavy (non-hydrogen) atoms. The first-order valence-corrected chi connectivity index (χ1v) is 10.3. The van der Waals surface area contributed by atoms with Gasteiger partial charge in [0.05, 0.1) is 12.1 Å². The molecule has 0 spiro atoms. The summed E-state index contributed by atoms with van der Waals surface area (Å²) >= 11 is 0. The maximum absolute atomic E-state index is 12.6. The van der Waals surface area contributed by atoms with E-state index in [4.69, 9.17) is 9.05 Å². The third kappa shape index (κ3) is 4.58. The van der Waals surface area contributed by atoms with Crippen molar-refractivity contribution < 1.29 is 28.8 Å². The molecule has 0 saturated carbocycles. The molecular weight excluding hydrogens is 416 g/mol. The second-order valence-electron chi connectivity index (χ2n) is 7.49. The highest BCUT2D eigenvalue weighted by atomic mass is 16.5. The predicted molar refractivity (Wildman–Crippen MR) is 115 cm³/mol. The molecule has 0 saturated heterocycles. The molecule has 1 aromatic carbocycles. The fraction of sp³-hybridized carbons (Fsp3) is 0.364. The Morgan fingerprint density at radius 2 is 1.78 bits per heavy atom. The lowest BCUT2D eigenvalue weighted by Crippen LogP contribution is -2.23. The van der Waals surface area contributed by atoms with Crippen LogP contribution in [0.5, 0.6) is 11.5 Å². The van der Waals surface area contributed by atoms with Crippen molar-refractivity contribution in [2.24, 2.45) is 0 Å². The third-order valence-electron chi connectivity index (χ3n) is 4.85. The second-order valence-corrected chi connectivity index (χ2v) is 7.49. The van der Waals surface area contributed by atoms with Gasteiger partial charge in [-0.15, -0.1) is 0 Å². The quantitative estimate of drug-likeness (QED) is 0.415. The number of carbonyl (C=O) groups excluding carboxylic acids is 2. The Morgan fingerprint density at radius 3 is 2.44 bits per heavy atom. The molecular formula is C22H26N4O6. The Hall–Kier alpha value is -3.82. The van der Waals surface area contributed by atoms with E-state index in [0.717, 1.165) is 0 Å². The van der Waals surface area contributed by atoms with E-state index in [1.54, 1.807) is 26.0 Å². The van der Waals surface area contributed by atoms with Crippen LogP contribution in [-0.4, -0.2) is 38.9 Å². The summed E-state index contributed by atoms with van der Waals surface area (Å²) < 4.78 is 10.9. The van der Waals surface area contributed by atoms with Gasteiger partial charge in [-0.2, -0.15) is 0 Å². The molecule has 2 heterocycles. The van der Waals surface area contributed by atoms with Gasteiger partial charge < -0.3 is 29.9 Å². The minimum absolute atomic E-state index is 0.0392. The van der Waals surface area contributed by atoms with Crippen molar-refractivity contribution in [2.75, 3.05) is 6.54 Å². The van der Waals surface area contributed by atoms with Crippen LogP contribution in [0.1, 0.15) is 61.8 Å². The minimum Gasteiger partial charge on any atom is -0.508 e. The molecule has 3 rings (SSSR count). The molecule has 0 aliphatic heterocycles. The van der Waals surface area contributed by atoms with Crippen LogP contribution in [0.2, 0.25) is 0 Å². The Labute approximate surface area is 184 Å². The van der Waals surface area contributed by atoms with Gasteiger partial charge >= 0.3 is 0 Å². The van der Waals surface area contributed by atoms with Crippen molar-refractivity contribution >= 4 is 11.8 Å². The number of hydrogen-bond donors (Lipinski definition) is 4. The maximum atomic E-state index is 12.6. The number of hydrogen-bond acceptors (Lipinski definition) is 8. The first kappa shape index (κ1) is 22.9. The summed E-state index contributed by atoms with van der Waals surface area (Å²) in [6, 6.07) is 4.37. The lowest BCUT2D eigenvalue weighted by atomic mass is 9.95. The Kier molecular flexibility index (Phi) is 6.82. The van der Waals surface area contributed by atoms with Crippen LogP contribution in [0.4, 0.5) is 0 Å². The lowest BCUT2D eigenvalue weighted by molar-refractivity contribution is -0.120. The highest BCUT2D eigenvalue weighted by Crippen LogP contribution is 2.43. The molecule has 2 amide bonds. The van der Waals surface area contributed by atoms with Gasteiger partial charge in [0.2, 0.25) is 5.91 Å². The first-order chi connectivity index (χ1) is 15.3. The monoisotopic (exact) mass is 442 g/mol. The zero-order chi connectivity index (χ0) is 23.4. The molecule has 3 aromatic rings. The van der Waals surface area contributed by atoms with Gasteiger partial charge in [-0.1, -0.05) is 31.1 Å². The number of nitrogens with one attached hydrogen (secondary N) is 2. The Morgan fingerprint density at radius 1 is 1.03 bits per heavy atom. The highest BCUT2D eigenvalue weighted by Gasteiger charge is 2.29. The third-order valence-corrected chi connectivity index (χ3v) is 4.85. The number of carbonyl (C=O) groups is 2. The van der Waals surface area contributed by atoms with Crippen LogP contribution in [-0.2, 0) is 11.3 Å². The van der Waals surface area contributed by atoms with Gasteiger partial charge in [-0.3, -0.25) is 9.59 Å². The van der Waals surface area contributed by atoms with Crippen molar-refractivity contribution in [1.29, 1.82) is 0 Å². The van der Waals surface area contributed by atoms with E-state index in [1.165, 1.54) is 6.07 Å². The van der Waals surface area contributed by atoms with Crippen LogP contribution in [0.25, 0.3) is 22.6 Å². The van der Waals surface area contributed by atoms with E-state index in [9.17, 15) is 19.8 Å². The van der Waals surface area contributed by atoms with E-state index < -0.39 is 5.91 Å². The van der Waals surface area contributed by atoms with E-state index in [0.29, 0.717) is 24.2 Å². The molecule has 4 N–H and O–H groups in total. The van der Waals surface area contributed by atoms with Crippen molar-refractivity contribution in [2.45, 2.75) is 46.6 Å². The molecule has 2 aromatic heterocycles. The molecule has 170 valence electrons. The van der Waals surface area contributed by atoms with Crippen molar-refractivity contribution in [1.82, 2.24) is 20.9 Å². The summed E-state index contributed by atoms with van der Waals surface area (Å²) in [4.78, 5) is 24.1. The topological polar surface area (TPSA) is 151 Å². The first-order valence-electron chi connectivity index (χ1n) is 10.3. The summed E-state index contributed by atoms with van der Waals surface area (Å²) in [5.41, 5.74) is 1.42. The number of amides is 2. The molecule has 0 bridgehead atoms. The summed E-state index contributed by atoms with van der Waals surface area (Å²) in [5, 5.41) is 33.9. The number of benzene rings is 1. The van der Waals surface area contributed by atoms with Gasteiger partial charge in [0, 0.05) is 25.1 Å². The summed E-state index contributed by atoms with van der Waals surface area (Å²) in [7, 11) is 0. The van der Waals surface area contributed by atoms with Crippen LogP contribution in [0, 0.1) is 0 Å². The number of aromatic hydroxyl groups is 2. The lowest BCUT2D eigenvalue weighted by Gasteiger charge is -2.11. The van der Waals surface area contributed by atoms with Crippen LogP contribution in [0.3, 0.4) is 0 Å². The Balaban J connectivity index is 2.13. The van der Waals surface area contributed by atoms with Gasteiger partial charge in [0.1, 0.15) is 22.8 Å². The number of phenolic OH excluding ortho intramolecular Hbond substituents is 2. The van der Waals surface area contributed by atoms with E-state index in [2.05, 4.69) is 20.9 Å². The summed E-state index contributed by atoms with van der Waals surface area (Å²) in [6.07, 6.45) is 0.333. The zero-order valence-corrected chi connectivity index (χ0v) is 18.4. The molecule has 0 atom stereocenters. The highest BCUT2D eigenvalue weighted by molar-refractivity contribution is 6.01. The fourth-order valence-electron chi connectivity index (χ4n) is 3.17. The summed E-state index contributed by atoms with van der Waals surface area (Å²) in [5.74, 6) is -0.701. The molecule has 0 fully saturated rings. The number of rotatable bonds is 8. The zero-order valence-electron chi connectivity index (χ0n) is 18.4. The molecule has 0 aliphatic rings. The number of nitrogens with zero attached hydrogens (tertiary/aromatic N) is 2. The maximum Gasteiger partial charge on any atom is 0.274 e. The molecule has 0 unspecified atom stereocenters. The van der Waals surface area contributed by atoms with Crippen molar-refractivity contribution in [3.63, 3.8) is 0 Å². The smallest absolute Gasteiger partial charge is 0.274 e. The van der Waals surface area contributed by atoms with Crippen LogP contribution < -0.4 is 10.6 Å². The molecule has 0 radical (unpaired) electrons. The van der Waals surface area contributed by atoms with Gasteiger partial charge in [0.15, 0.2) is 17.2 Å². The summed E-state index contributed by atoms with van der Waals surface area (Å²) in [6.45, 7) is 7.81. The average Bonchev–Trinajstić information content (AvgIpc) is 3.38. The van der Waals surface area contributed by atoms with Crippen LogP contribution >= 0.6 is 0 Å². The Bertz CT molecular complexity index is 1130.